The summed E-state index contributed by atoms with van der Waals surface area (Å²) in [5.74, 6) is 0. The molecule has 2 heteroatoms. The fourth-order valence-electron chi connectivity index (χ4n) is 2.16. The van der Waals surface area contributed by atoms with Crippen LogP contribution in [-0.4, -0.2) is 4.57 Å². The minimum absolute atomic E-state index is 0.984. The minimum atomic E-state index is -0.984. The molecule has 16 heavy (non-hydrogen) atoms. The van der Waals surface area contributed by atoms with Crippen LogP contribution in [0.5, 0.6) is 0 Å². The zero-order chi connectivity index (χ0) is 11.9. The Kier molecular flexibility index (Phi) is 3.21. The summed E-state index contributed by atoms with van der Waals surface area (Å²) in [5, 5.41) is 0. The second kappa shape index (κ2) is 4.33. The van der Waals surface area contributed by atoms with E-state index in [9.17, 15) is 0 Å². The first-order chi connectivity index (χ1) is 7.54. The first-order valence-corrected chi connectivity index (χ1v) is 9.04. The Balaban J connectivity index is 2.44. The van der Waals surface area contributed by atoms with Crippen LogP contribution in [0.15, 0.2) is 22.4 Å². The SMILES string of the molecule is Cc1c(C)[c]([Ru]([CH3])[C]2=CC=CC2)n(C)c1C. The van der Waals surface area contributed by atoms with Crippen LogP contribution in [0.1, 0.15) is 23.2 Å². The molecule has 1 aliphatic rings. The normalized spacial score (nSPS) is 15.6. The maximum atomic E-state index is 2.46. The summed E-state index contributed by atoms with van der Waals surface area (Å²) in [6.45, 7) is 6.76. The van der Waals surface area contributed by atoms with Crippen molar-refractivity contribution < 1.29 is 16.0 Å². The van der Waals surface area contributed by atoms with Crippen molar-refractivity contribution in [2.75, 3.05) is 0 Å². The predicted molar refractivity (Wildman–Crippen MR) is 67.0 cm³/mol. The van der Waals surface area contributed by atoms with Crippen molar-refractivity contribution in [3.05, 3.63) is 39.2 Å². The molecule has 1 aromatic heterocycles. The topological polar surface area (TPSA) is 4.93 Å². The molecule has 0 radical (unpaired) electrons. The number of hydrogen-bond donors (Lipinski definition) is 0. The molecule has 0 atom stereocenters. The summed E-state index contributed by atoms with van der Waals surface area (Å²) in [7, 11) is 2.22. The molecule has 1 aliphatic carbocycles. The average molecular weight is 303 g/mol. The van der Waals surface area contributed by atoms with Gasteiger partial charge in [-0.3, -0.25) is 0 Å². The molecule has 1 nitrogen and oxygen atoms in total. The number of allylic oxidation sites excluding steroid dienone is 4. The zero-order valence-electron chi connectivity index (χ0n) is 10.7. The molecule has 0 N–H and O–H groups in total. The molecule has 0 amide bonds. The van der Waals surface area contributed by atoms with E-state index < -0.39 is 16.0 Å². The van der Waals surface area contributed by atoms with Gasteiger partial charge in [-0.25, -0.2) is 0 Å². The summed E-state index contributed by atoms with van der Waals surface area (Å²) in [5.41, 5.74) is 6.89. The maximum absolute atomic E-state index is 2.46. The van der Waals surface area contributed by atoms with Crippen molar-refractivity contribution in [3.63, 3.8) is 0 Å². The summed E-state index contributed by atoms with van der Waals surface area (Å²) in [4.78, 5) is 0. The third-order valence-corrected chi connectivity index (χ3v) is 8.29. The fraction of sp³-hybridized carbons (Fsp3) is 0.429. The van der Waals surface area contributed by atoms with E-state index in [0.29, 0.717) is 0 Å². The molecule has 0 bridgehead atoms. The van der Waals surface area contributed by atoms with Gasteiger partial charge in [-0.1, -0.05) is 0 Å². The molecule has 1 aromatic rings. The van der Waals surface area contributed by atoms with Crippen LogP contribution in [0.25, 0.3) is 0 Å². The van der Waals surface area contributed by atoms with E-state index in [1.54, 1.807) is 8.46 Å². The zero-order valence-corrected chi connectivity index (χ0v) is 12.5. The molecule has 0 saturated heterocycles. The van der Waals surface area contributed by atoms with E-state index in [0.717, 1.165) is 0 Å². The van der Waals surface area contributed by atoms with Crippen molar-refractivity contribution >= 4 is 4.29 Å². The van der Waals surface area contributed by atoms with Gasteiger partial charge in [0.25, 0.3) is 0 Å². The first-order valence-electron chi connectivity index (χ1n) is 5.57. The Morgan fingerprint density at radius 1 is 1.19 bits per heavy atom. The van der Waals surface area contributed by atoms with Crippen LogP contribution >= 0.6 is 0 Å². The van der Waals surface area contributed by atoms with Gasteiger partial charge in [-0.15, -0.1) is 0 Å². The summed E-state index contributed by atoms with van der Waals surface area (Å²) in [6.07, 6.45) is 7.99. The van der Waals surface area contributed by atoms with Gasteiger partial charge in [0, 0.05) is 0 Å². The average Bonchev–Trinajstić information content (AvgIpc) is 2.84. The van der Waals surface area contributed by atoms with E-state index in [2.05, 4.69) is 56.1 Å². The second-order valence-electron chi connectivity index (χ2n) is 4.35. The Morgan fingerprint density at radius 2 is 1.88 bits per heavy atom. The molecule has 0 spiro atoms. The van der Waals surface area contributed by atoms with Gasteiger partial charge in [-0.2, -0.15) is 0 Å². The van der Waals surface area contributed by atoms with Crippen LogP contribution in [0.2, 0.25) is 5.52 Å². The number of rotatable bonds is 2. The number of hydrogen-bond acceptors (Lipinski definition) is 0. The first kappa shape index (κ1) is 11.9. The molecule has 1 heterocycles. The van der Waals surface area contributed by atoms with Crippen LogP contribution < -0.4 is 4.29 Å². The van der Waals surface area contributed by atoms with Crippen molar-refractivity contribution in [2.45, 2.75) is 32.7 Å². The third kappa shape index (κ3) is 1.74. The molecular formula is C14H20NRu. The molecule has 2 rings (SSSR count). The Morgan fingerprint density at radius 3 is 2.31 bits per heavy atom. The van der Waals surface area contributed by atoms with Gasteiger partial charge in [0.1, 0.15) is 0 Å². The van der Waals surface area contributed by atoms with E-state index in [-0.39, 0.29) is 0 Å². The number of aromatic nitrogens is 1. The molecule has 0 unspecified atom stereocenters. The van der Waals surface area contributed by atoms with Crippen molar-refractivity contribution in [3.8, 4) is 0 Å². The standard InChI is InChI=1S/C8H12N.C5H5.CH3.Ru/c1-6-5-9(4)8(3)7(6)2;1-2-4-5-3-1;;/h1-4H3;1-3H,4H2;1H3;. The van der Waals surface area contributed by atoms with Crippen LogP contribution in [-0.2, 0) is 23.0 Å². The number of nitrogens with zero attached hydrogens (tertiary/aromatic N) is 1. The van der Waals surface area contributed by atoms with Gasteiger partial charge in [0.05, 0.1) is 0 Å². The van der Waals surface area contributed by atoms with Gasteiger partial charge in [0.15, 0.2) is 0 Å². The molecule has 0 fully saturated rings. The summed E-state index contributed by atoms with van der Waals surface area (Å²) >= 11 is -0.984. The fourth-order valence-corrected chi connectivity index (χ4v) is 6.50. The van der Waals surface area contributed by atoms with Gasteiger partial charge in [0.2, 0.25) is 0 Å². The Hall–Kier alpha value is -0.617. The Labute approximate surface area is 104 Å². The molecule has 0 aliphatic heterocycles. The van der Waals surface area contributed by atoms with Gasteiger partial charge < -0.3 is 0 Å². The molecule has 89 valence electrons. The Bertz CT molecular complexity index is 452. The second-order valence-corrected chi connectivity index (χ2v) is 8.46. The van der Waals surface area contributed by atoms with Crippen molar-refractivity contribution in [1.82, 2.24) is 4.57 Å². The van der Waals surface area contributed by atoms with Crippen LogP contribution in [0.3, 0.4) is 0 Å². The monoisotopic (exact) mass is 304 g/mol. The van der Waals surface area contributed by atoms with Crippen molar-refractivity contribution in [2.24, 2.45) is 7.05 Å². The predicted octanol–water partition coefficient (Wildman–Crippen LogP) is 3.09. The van der Waals surface area contributed by atoms with Crippen molar-refractivity contribution in [1.29, 1.82) is 0 Å². The molecule has 0 saturated carbocycles. The quantitative estimate of drug-likeness (QED) is 0.740. The summed E-state index contributed by atoms with van der Waals surface area (Å²) < 4.78 is 5.71. The molecular weight excluding hydrogens is 283 g/mol. The van der Waals surface area contributed by atoms with E-state index >= 15 is 0 Å². The molecule has 0 aromatic carbocycles. The van der Waals surface area contributed by atoms with E-state index in [1.165, 1.54) is 23.2 Å². The van der Waals surface area contributed by atoms with Gasteiger partial charge >= 0.3 is 104 Å². The van der Waals surface area contributed by atoms with E-state index in [1.807, 2.05) is 0 Å². The van der Waals surface area contributed by atoms with E-state index in [4.69, 9.17) is 0 Å². The summed E-state index contributed by atoms with van der Waals surface area (Å²) in [6, 6.07) is 0. The van der Waals surface area contributed by atoms with Crippen LogP contribution in [0, 0.1) is 20.8 Å². The van der Waals surface area contributed by atoms with Crippen LogP contribution in [0.4, 0.5) is 0 Å². The third-order valence-electron chi connectivity index (χ3n) is 3.50. The van der Waals surface area contributed by atoms with Gasteiger partial charge in [-0.05, 0) is 0 Å².